The third kappa shape index (κ3) is 14.2. The van der Waals surface area contributed by atoms with Crippen LogP contribution in [0.5, 0.6) is 0 Å². The third-order valence-electron chi connectivity index (χ3n) is 53.7. The van der Waals surface area contributed by atoms with E-state index >= 15 is 0 Å². The summed E-state index contributed by atoms with van der Waals surface area (Å²) >= 11 is 12.6. The van der Waals surface area contributed by atoms with Gasteiger partial charge in [0.05, 0.1) is 99.2 Å². The third-order valence-corrected chi connectivity index (χ3v) is 54.1. The molecule has 796 valence electrons. The molecule has 24 fully saturated rings. The first kappa shape index (κ1) is 102. The summed E-state index contributed by atoms with van der Waals surface area (Å²) in [6.45, 7) is 52.5. The average Bonchev–Trinajstić information content (AvgIpc) is 1.47. The van der Waals surface area contributed by atoms with Gasteiger partial charge in [-0.05, 0) is 375 Å². The van der Waals surface area contributed by atoms with E-state index in [0.29, 0.717) is 190 Å². The van der Waals surface area contributed by atoms with Gasteiger partial charge in [-0.1, -0.05) is 139 Å². The molecule has 0 radical (unpaired) electrons. The predicted molar refractivity (Wildman–Crippen MR) is 563 cm³/mol. The zero-order chi connectivity index (χ0) is 99.5. The Labute approximate surface area is 872 Å². The highest BCUT2D eigenvalue weighted by molar-refractivity contribution is 6.18. The summed E-state index contributed by atoms with van der Waals surface area (Å²) in [5.41, 5.74) is 10.6. The highest BCUT2D eigenvalue weighted by Crippen LogP contribution is 2.93. The van der Waals surface area contributed by atoms with Crippen LogP contribution in [0.3, 0.4) is 0 Å². The van der Waals surface area contributed by atoms with Crippen molar-refractivity contribution in [2.75, 3.05) is 111 Å². The zero-order valence-electron chi connectivity index (χ0n) is 91.9. The fourth-order valence-corrected chi connectivity index (χ4v) is 47.5. The molecule has 16 nitrogen and oxygen atoms in total. The van der Waals surface area contributed by atoms with E-state index in [-0.39, 0.29) is 50.2 Å². The van der Waals surface area contributed by atoms with Crippen molar-refractivity contribution in [3.63, 3.8) is 0 Å². The second-order valence-corrected chi connectivity index (χ2v) is 59.2. The topological polar surface area (TPSA) is 167 Å². The number of aliphatic hydroxyl groups excluding tert-OH is 1. The molecule has 28 rings (SSSR count). The summed E-state index contributed by atoms with van der Waals surface area (Å²) in [5, 5.41) is 14.3. The molecule has 0 bridgehead atoms. The van der Waals surface area contributed by atoms with Crippen molar-refractivity contribution in [3.05, 3.63) is 46.6 Å². The number of carbonyl (C=O) groups excluding carboxylic acids is 3. The molecule has 8 aliphatic heterocycles. The van der Waals surface area contributed by atoms with Gasteiger partial charge < -0.3 is 48.3 Å². The molecular formula is C125H190Cl2N4O12. The number of piperidine rings is 4. The number of methoxy groups -OCH3 is 1. The number of alkyl halides is 2. The Morgan fingerprint density at radius 2 is 0.713 bits per heavy atom. The molecule has 0 amide bonds. The standard InChI is InChI=1S/C37H59NO6.C30H46ClNO2.C30H44ClNO2.C28H41NO2/c1-25-20-32-33(38(23-25)12-13-41-16-17-43-19-18-42-15-14-40-5)26(2)37(44-32)11-9-30-29-7-6-27-21-28(39)8-10-34(27,3)31(29)22-36(30)24-35(36,37)4;2*1-18-13-25-26(32(16-18)12-11-31)19(2)30(34-25)10-8-23-22-6-5-20-14-21(33)7-9-27(20,3)24(22)15-29(23)17-28(29,30)4;1-16-11-23-24(29-14-16)17(2)28(31-23)10-8-21-20-6-5-18-12-19(30)7-9-25(18,3)22(20)13-27(21)15-26(27,28)4/h21,25-26,29-33H,6-20,22-24H2,1-5H3;5,18-19,21-26,33H,6-17H2,1-4H3;14,18-19,22-26H,5-13,15-17H2,1-4H3;12,16-17,20-24,29H,5-11,13-15H2,1-4H3/t25-,26+,29-,30-,31-,32+,33-,34-,35?,36?,37+;18-,19+,21-,22-,23-,24-,25+,26-,27-,28?,29?,30+;18-,19+,22-,23-,24-,25+,26-,27-,28?,29?,30+;16-,17+,20-,21-,22-,23+,24-,25-,26?,27?,28+/m0000/s1. The Morgan fingerprint density at radius 3 is 1.10 bits per heavy atom. The van der Waals surface area contributed by atoms with Gasteiger partial charge in [-0.25, -0.2) is 0 Å². The smallest absolute Gasteiger partial charge is 0.155 e. The Bertz CT molecular complexity index is 5060. The van der Waals surface area contributed by atoms with E-state index in [4.69, 9.17) is 61.1 Å². The number of halogens is 2. The van der Waals surface area contributed by atoms with Crippen molar-refractivity contribution in [1.82, 2.24) is 20.0 Å². The van der Waals surface area contributed by atoms with Gasteiger partial charge in [0.1, 0.15) is 0 Å². The average molecular weight is 2010 g/mol. The van der Waals surface area contributed by atoms with Gasteiger partial charge in [-0.15, -0.1) is 23.2 Å². The van der Waals surface area contributed by atoms with E-state index in [0.717, 1.165) is 186 Å². The molecule has 28 aliphatic rings. The molecule has 45 atom stereocenters. The van der Waals surface area contributed by atoms with Crippen molar-refractivity contribution in [2.45, 2.75) is 419 Å². The number of ketones is 3. The second kappa shape index (κ2) is 35.5. The fraction of sp³-hybridized carbons (Fsp3) is 0.912. The Kier molecular flexibility index (Phi) is 25.2. The lowest BCUT2D eigenvalue weighted by Crippen LogP contribution is -2.55. The Balaban J connectivity index is 0.000000101. The molecule has 8 saturated heterocycles. The first-order valence-electron chi connectivity index (χ1n) is 60.4. The summed E-state index contributed by atoms with van der Waals surface area (Å²) in [6, 6.07) is 2.14. The minimum Gasteiger partial charge on any atom is -0.393 e. The Morgan fingerprint density at radius 1 is 0.378 bits per heavy atom. The van der Waals surface area contributed by atoms with Crippen LogP contribution in [0.2, 0.25) is 0 Å². The van der Waals surface area contributed by atoms with E-state index < -0.39 is 0 Å². The van der Waals surface area contributed by atoms with Gasteiger partial charge in [0.2, 0.25) is 0 Å². The van der Waals surface area contributed by atoms with Crippen LogP contribution in [0.4, 0.5) is 0 Å². The number of nitrogens with one attached hydrogen (secondary N) is 1. The normalized spacial score (nSPS) is 56.1. The number of ether oxygens (including phenoxy) is 8. The van der Waals surface area contributed by atoms with Crippen LogP contribution in [0.15, 0.2) is 46.6 Å². The second-order valence-electron chi connectivity index (χ2n) is 58.5. The number of allylic oxidation sites excluding steroid dienone is 7. The molecule has 8 heterocycles. The Hall–Kier alpha value is -1.97. The lowest BCUT2D eigenvalue weighted by atomic mass is 9.56. The summed E-state index contributed by atoms with van der Waals surface area (Å²) in [7, 11) is 1.68. The number of aliphatic hydroxyl groups is 1. The summed E-state index contributed by atoms with van der Waals surface area (Å²) < 4.78 is 51.7. The molecule has 16 saturated carbocycles. The fourth-order valence-electron chi connectivity index (χ4n) is 47.1. The maximum Gasteiger partial charge on any atom is 0.155 e. The van der Waals surface area contributed by atoms with Gasteiger partial charge in [0, 0.05) is 147 Å². The molecular weight excluding hydrogens is 1820 g/mol. The first-order valence-corrected chi connectivity index (χ1v) is 61.5. The number of nitrogens with zero attached hydrogens (tertiary/aromatic N) is 3. The van der Waals surface area contributed by atoms with E-state index in [9.17, 15) is 19.5 Å². The van der Waals surface area contributed by atoms with E-state index in [1.165, 1.54) is 203 Å². The number of hydrogen-bond acceptors (Lipinski definition) is 16. The first-order chi connectivity index (χ1) is 68.3. The maximum absolute atomic E-state index is 12.4. The van der Waals surface area contributed by atoms with Crippen LogP contribution in [0.1, 0.15) is 342 Å². The minimum atomic E-state index is -0.110. The molecule has 18 heteroatoms. The van der Waals surface area contributed by atoms with Crippen LogP contribution in [0.25, 0.3) is 0 Å². The summed E-state index contributed by atoms with van der Waals surface area (Å²) in [4.78, 5) is 44.9. The van der Waals surface area contributed by atoms with Crippen molar-refractivity contribution in [1.29, 1.82) is 0 Å². The van der Waals surface area contributed by atoms with E-state index in [1.807, 2.05) is 0 Å². The number of hydrogen-bond donors (Lipinski definition) is 2. The van der Waals surface area contributed by atoms with Crippen molar-refractivity contribution in [3.8, 4) is 0 Å². The molecule has 0 aromatic carbocycles. The van der Waals surface area contributed by atoms with Crippen LogP contribution in [-0.2, 0) is 52.3 Å². The molecule has 2 N–H and O–H groups in total. The van der Waals surface area contributed by atoms with Crippen molar-refractivity contribution < 1.29 is 57.4 Å². The number of rotatable bonds is 16. The molecule has 20 aliphatic carbocycles. The van der Waals surface area contributed by atoms with Gasteiger partial charge in [-0.3, -0.25) is 29.1 Å². The largest absolute Gasteiger partial charge is 0.393 e. The van der Waals surface area contributed by atoms with Crippen molar-refractivity contribution >= 4 is 40.6 Å². The summed E-state index contributed by atoms with van der Waals surface area (Å²) in [5.74, 6) is 17.7. The number of likely N-dealkylation sites (tertiary alicyclic amines) is 3. The molecule has 0 aromatic heterocycles. The monoisotopic (exact) mass is 2010 g/mol. The quantitative estimate of drug-likeness (QED) is 0.0850. The number of carbonyl (C=O) groups is 3. The van der Waals surface area contributed by atoms with Crippen LogP contribution < -0.4 is 5.32 Å². The predicted octanol–water partition coefficient (Wildman–Crippen LogP) is 23.3. The molecule has 0 aromatic rings. The molecule has 8 unspecified atom stereocenters. The SMILES string of the molecule is COCCOCCOCCOCCN1C[C@@H](C)C[C@H]2O[C@]3(CC[C@H]4[C@@H]5CCC6=CC(=O)CC[C@]6(C)[C@H]5CC45CC53C)[C@H](C)[C@@H]21.C[C@@H]1CN[C@H]2[C@@H](C)[C@@]3(CC[C@H]4[C@@H]5CCC6=CC(=O)CC[C@]6(C)[C@H]5CC45CC53C)O[C@@H]2C1.C[C@H]1C[C@H]2O[C@]3(CC[C@H]4[C@@H]5CC=C6C[C@@H](O)CC[C@]6(C)[C@H]5CC45CC53C)[C@H](C)[C@@H]2N(CCCl)C1.C[C@H]1C[C@H]2O[C@]3(CC[C@H]4[C@@H]5CCC6=CC(=O)CC[C@]6(C)[C@H]5CC45CC53C)[C@H](C)[C@@H]2N(CCCl)C1. The van der Waals surface area contributed by atoms with E-state index in [1.54, 1.807) is 12.7 Å². The maximum atomic E-state index is 12.4. The van der Waals surface area contributed by atoms with Crippen LogP contribution in [-0.4, -0.2) is 225 Å². The van der Waals surface area contributed by atoms with E-state index in [2.05, 4.69) is 155 Å². The van der Waals surface area contributed by atoms with Gasteiger partial charge >= 0.3 is 0 Å². The van der Waals surface area contributed by atoms with Gasteiger partial charge in [0.15, 0.2) is 17.3 Å². The highest BCUT2D eigenvalue weighted by atomic mass is 35.5. The van der Waals surface area contributed by atoms with Gasteiger partial charge in [-0.2, -0.15) is 0 Å². The zero-order valence-corrected chi connectivity index (χ0v) is 93.4. The molecule has 8 spiro atoms. The lowest BCUT2D eigenvalue weighted by molar-refractivity contribution is -0.148. The summed E-state index contributed by atoms with van der Waals surface area (Å²) in [6.07, 6.45) is 54.0. The molecule has 143 heavy (non-hydrogen) atoms. The lowest BCUT2D eigenvalue weighted by Gasteiger charge is -2.50. The van der Waals surface area contributed by atoms with Crippen molar-refractivity contribution in [2.24, 2.45) is 183 Å². The number of fused-ring (bicyclic) bond motifs is 24. The highest BCUT2D eigenvalue weighted by Gasteiger charge is 2.90. The van der Waals surface area contributed by atoms with Crippen LogP contribution in [0, 0.1) is 183 Å². The minimum absolute atomic E-state index is 0.00321. The van der Waals surface area contributed by atoms with Crippen LogP contribution >= 0.6 is 23.2 Å². The van der Waals surface area contributed by atoms with Gasteiger partial charge in [0.25, 0.3) is 0 Å².